The first-order valence-electron chi connectivity index (χ1n) is 16.6. The van der Waals surface area contributed by atoms with Crippen molar-refractivity contribution >= 4 is 47.6 Å². The first-order valence-corrected chi connectivity index (χ1v) is 16.6. The predicted molar refractivity (Wildman–Crippen MR) is 193 cm³/mol. The largest absolute Gasteiger partial charge is 0.514 e. The number of non-ortho nitro benzene ring substituents is 1. The van der Waals surface area contributed by atoms with Gasteiger partial charge in [-0.2, -0.15) is 0 Å². The van der Waals surface area contributed by atoms with Crippen LogP contribution in [0.2, 0.25) is 0 Å². The number of carboxylic acid groups (broad SMARTS) is 1. The molecule has 2 unspecified atom stereocenters. The van der Waals surface area contributed by atoms with Gasteiger partial charge >= 0.3 is 24.4 Å². The molecule has 0 aliphatic rings. The highest BCUT2D eigenvalue weighted by Crippen LogP contribution is 2.22. The first kappa shape index (κ1) is 43.6. The monoisotopic (exact) mass is 755 g/mol. The van der Waals surface area contributed by atoms with Crippen LogP contribution in [0.1, 0.15) is 58.6 Å². The summed E-state index contributed by atoms with van der Waals surface area (Å²) in [6.07, 6.45) is 2.26. The third kappa shape index (κ3) is 15.3. The highest BCUT2D eigenvalue weighted by molar-refractivity contribution is 5.98. The van der Waals surface area contributed by atoms with Crippen molar-refractivity contribution in [3.63, 3.8) is 0 Å². The molecule has 2 rings (SSSR count). The maximum absolute atomic E-state index is 13.7. The van der Waals surface area contributed by atoms with Gasteiger partial charge in [0.1, 0.15) is 30.0 Å². The van der Waals surface area contributed by atoms with E-state index >= 15 is 0 Å². The van der Waals surface area contributed by atoms with E-state index in [9.17, 15) is 44.0 Å². The number of hydrogen-bond donors (Lipinski definition) is 6. The molecule has 19 heteroatoms. The predicted octanol–water partition coefficient (Wildman–Crippen LogP) is 3.84. The van der Waals surface area contributed by atoms with Crippen molar-refractivity contribution in [3.05, 3.63) is 63.7 Å². The van der Waals surface area contributed by atoms with E-state index in [1.54, 1.807) is 34.6 Å². The number of urea groups is 1. The number of nitrogens with two attached hydrogens (primary N) is 1. The second-order valence-electron chi connectivity index (χ2n) is 13.1. The number of nitro groups is 1. The topological polar surface area (TPSA) is 271 Å². The molecular formula is C35H45N7O12. The average Bonchev–Trinajstić information content (AvgIpc) is 3.07. The molecule has 0 aliphatic heterocycles. The van der Waals surface area contributed by atoms with Gasteiger partial charge in [0.2, 0.25) is 11.8 Å². The smallest absolute Gasteiger partial charge is 0.465 e. The quantitative estimate of drug-likeness (QED) is 0.0336. The van der Waals surface area contributed by atoms with Gasteiger partial charge in [0.15, 0.2) is 0 Å². The fourth-order valence-electron chi connectivity index (χ4n) is 4.64. The van der Waals surface area contributed by atoms with Crippen LogP contribution < -0.4 is 31.7 Å². The van der Waals surface area contributed by atoms with Crippen LogP contribution in [0.4, 0.5) is 30.6 Å². The molecule has 0 spiro atoms. The number of carbonyl (C=O) groups is 6. The van der Waals surface area contributed by atoms with Crippen molar-refractivity contribution in [2.24, 2.45) is 11.7 Å². The van der Waals surface area contributed by atoms with Crippen molar-refractivity contribution < 1.29 is 53.0 Å². The number of nitrogens with one attached hydrogen (secondary N) is 4. The molecule has 0 saturated heterocycles. The fourth-order valence-corrected chi connectivity index (χ4v) is 4.64. The Hall–Kier alpha value is -6.58. The summed E-state index contributed by atoms with van der Waals surface area (Å²) in [5.74, 6) is 0.433. The Kier molecular flexibility index (Phi) is 16.5. The lowest BCUT2D eigenvalue weighted by atomic mass is 10.0. The van der Waals surface area contributed by atoms with E-state index in [1.807, 2.05) is 0 Å². The second kappa shape index (κ2) is 20.5. The zero-order valence-corrected chi connectivity index (χ0v) is 30.5. The molecule has 0 heterocycles. The molecular weight excluding hydrogens is 710 g/mol. The van der Waals surface area contributed by atoms with E-state index < -0.39 is 71.3 Å². The molecule has 2 atom stereocenters. The van der Waals surface area contributed by atoms with E-state index in [2.05, 4.69) is 27.2 Å². The van der Waals surface area contributed by atoms with Crippen molar-refractivity contribution in [2.75, 3.05) is 18.4 Å². The highest BCUT2D eigenvalue weighted by atomic mass is 16.7. The summed E-state index contributed by atoms with van der Waals surface area (Å²) in [6, 6.07) is 5.97. The number of amides is 6. The number of hydrogen-bond acceptors (Lipinski definition) is 11. The number of benzene rings is 2. The molecule has 0 aromatic heterocycles. The number of nitro benzene ring substituents is 1. The van der Waals surface area contributed by atoms with Gasteiger partial charge in [-0.3, -0.25) is 24.6 Å². The molecule has 0 radical (unpaired) electrons. The van der Waals surface area contributed by atoms with Gasteiger partial charge < -0.3 is 46.3 Å². The van der Waals surface area contributed by atoms with E-state index in [0.29, 0.717) is 5.56 Å². The maximum atomic E-state index is 13.7. The molecule has 6 amide bonds. The Morgan fingerprint density at radius 1 is 1.02 bits per heavy atom. The normalized spacial score (nSPS) is 11.9. The molecule has 0 bridgehead atoms. The minimum Gasteiger partial charge on any atom is -0.465 e. The van der Waals surface area contributed by atoms with Crippen molar-refractivity contribution in [1.82, 2.24) is 20.9 Å². The Morgan fingerprint density at radius 3 is 2.24 bits per heavy atom. The third-order valence-corrected chi connectivity index (χ3v) is 7.21. The summed E-state index contributed by atoms with van der Waals surface area (Å²) in [7, 11) is 0. The van der Waals surface area contributed by atoms with Gasteiger partial charge in [0.25, 0.3) is 5.69 Å². The van der Waals surface area contributed by atoms with Gasteiger partial charge in [0, 0.05) is 24.4 Å². The third-order valence-electron chi connectivity index (χ3n) is 7.21. The molecule has 2 aromatic carbocycles. The van der Waals surface area contributed by atoms with Crippen LogP contribution in [-0.2, 0) is 32.2 Å². The van der Waals surface area contributed by atoms with E-state index in [0.717, 1.165) is 17.0 Å². The zero-order valence-electron chi connectivity index (χ0n) is 30.5. The molecule has 7 N–H and O–H groups in total. The molecule has 0 fully saturated rings. The van der Waals surface area contributed by atoms with Gasteiger partial charge in [-0.25, -0.2) is 19.2 Å². The Bertz CT molecular complexity index is 1720. The highest BCUT2D eigenvalue weighted by Gasteiger charge is 2.30. The lowest BCUT2D eigenvalue weighted by Gasteiger charge is -2.27. The number of nitrogens with zero attached hydrogens (tertiary/aromatic N) is 2. The number of alkyl carbamates (subject to hydrolysis) is 1. The number of carbonyl (C=O) groups excluding carboxylic acids is 5. The molecule has 54 heavy (non-hydrogen) atoms. The van der Waals surface area contributed by atoms with Crippen LogP contribution in [-0.4, -0.2) is 81.9 Å². The summed E-state index contributed by atoms with van der Waals surface area (Å²) >= 11 is 0. The van der Waals surface area contributed by atoms with E-state index in [-0.39, 0.29) is 55.2 Å². The van der Waals surface area contributed by atoms with Gasteiger partial charge in [-0.15, -0.1) is 6.42 Å². The van der Waals surface area contributed by atoms with Crippen molar-refractivity contribution in [2.45, 2.75) is 78.3 Å². The summed E-state index contributed by atoms with van der Waals surface area (Å²) in [5.41, 5.74) is 4.85. The number of terminal acetylenes is 1. The Morgan fingerprint density at radius 2 is 1.69 bits per heavy atom. The van der Waals surface area contributed by atoms with E-state index in [4.69, 9.17) is 26.4 Å². The lowest BCUT2D eigenvalue weighted by molar-refractivity contribution is -0.384. The number of ether oxygens (including phenoxy) is 3. The summed E-state index contributed by atoms with van der Waals surface area (Å²) in [4.78, 5) is 86.2. The lowest BCUT2D eigenvalue weighted by Crippen LogP contribution is -2.55. The minimum atomic E-state index is -1.35. The first-order chi connectivity index (χ1) is 25.3. The summed E-state index contributed by atoms with van der Waals surface area (Å²) in [5, 5.41) is 30.8. The molecule has 292 valence electrons. The SMILES string of the molecule is C#CCN(Cc1cc(NC(=O)C(CCCNC(N)=O)NC(=O)C(NC(=O)OC(C)(C)C)C(C)C)ccc1COC(=O)Oc1ccc([N+](=O)[O-])cc1)C(=O)O. The average molecular weight is 756 g/mol. The standard InChI is InChI=1S/C35H45N7O12/c1-7-17-41(33(47)48)19-23-18-24(11-10-22(23)20-52-34(49)53-26-14-12-25(13-15-26)42(50)51)38-29(43)27(9-8-16-37-31(36)45)39-30(44)28(21(2)3)40-32(46)54-35(4,5)6/h1,10-15,18,21,27-28H,8-9,16-17,19-20H2,2-6H3,(H,38,43)(H,39,44)(H,40,46)(H,47,48)(H3,36,37,45). The summed E-state index contributed by atoms with van der Waals surface area (Å²) in [6.45, 7) is 7.46. The van der Waals surface area contributed by atoms with Crippen LogP contribution in [0.5, 0.6) is 5.75 Å². The van der Waals surface area contributed by atoms with Crippen LogP contribution in [0.25, 0.3) is 0 Å². The summed E-state index contributed by atoms with van der Waals surface area (Å²) < 4.78 is 15.6. The maximum Gasteiger partial charge on any atom is 0.514 e. The van der Waals surface area contributed by atoms with Gasteiger partial charge in [-0.05, 0) is 74.9 Å². The molecule has 19 nitrogen and oxygen atoms in total. The second-order valence-corrected chi connectivity index (χ2v) is 13.1. The van der Waals surface area contributed by atoms with Crippen LogP contribution in [0.3, 0.4) is 0 Å². The Labute approximate surface area is 311 Å². The van der Waals surface area contributed by atoms with E-state index in [1.165, 1.54) is 30.3 Å². The Balaban J connectivity index is 2.33. The number of primary amides is 1. The number of rotatable bonds is 17. The molecule has 2 aromatic rings. The molecule has 0 saturated carbocycles. The van der Waals surface area contributed by atoms with Gasteiger partial charge in [0.05, 0.1) is 18.0 Å². The minimum absolute atomic E-state index is 0.0256. The van der Waals surface area contributed by atoms with Crippen LogP contribution in [0.15, 0.2) is 42.5 Å². The fraction of sp³-hybridized carbons (Fsp3) is 0.429. The number of anilines is 1. The van der Waals surface area contributed by atoms with Crippen molar-refractivity contribution in [3.8, 4) is 18.1 Å². The molecule has 0 aliphatic carbocycles. The van der Waals surface area contributed by atoms with Gasteiger partial charge in [-0.1, -0.05) is 25.8 Å². The van der Waals surface area contributed by atoms with Crippen molar-refractivity contribution in [1.29, 1.82) is 0 Å². The van der Waals surface area contributed by atoms with Crippen LogP contribution >= 0.6 is 0 Å². The zero-order chi connectivity index (χ0) is 40.6. The van der Waals surface area contributed by atoms with Crippen LogP contribution in [0, 0.1) is 28.4 Å².